The number of rotatable bonds is 3. The molecule has 4 atom stereocenters. The minimum Gasteiger partial charge on any atom is -0.391 e. The van der Waals surface area contributed by atoms with Crippen LogP contribution < -0.4 is 5.32 Å². The molecule has 1 aliphatic heterocycles. The number of nitrogens with zero attached hydrogens (tertiary/aromatic N) is 1. The predicted molar refractivity (Wildman–Crippen MR) is 90.5 cm³/mol. The van der Waals surface area contributed by atoms with Crippen molar-refractivity contribution in [2.24, 2.45) is 11.3 Å². The van der Waals surface area contributed by atoms with Gasteiger partial charge in [-0.2, -0.15) is 0 Å². The molecule has 5 nitrogen and oxygen atoms in total. The van der Waals surface area contributed by atoms with Gasteiger partial charge in [-0.15, -0.1) is 0 Å². The molecule has 1 amide bonds. The third-order valence-corrected chi connectivity index (χ3v) is 5.70. The molecule has 1 saturated carbocycles. The lowest BCUT2D eigenvalue weighted by molar-refractivity contribution is -0.0827. The number of likely N-dealkylation sites (tertiary alicyclic amines) is 1. The number of hydrogen-bond acceptors (Lipinski definition) is 3. The molecule has 5 heteroatoms. The number of amides is 1. The van der Waals surface area contributed by atoms with Crippen molar-refractivity contribution in [3.05, 3.63) is 23.0 Å². The van der Waals surface area contributed by atoms with Crippen LogP contribution in [-0.4, -0.2) is 52.7 Å². The number of carbonyl (C=O) groups is 1. The summed E-state index contributed by atoms with van der Waals surface area (Å²) in [4.78, 5) is 18.0. The Morgan fingerprint density at radius 2 is 2.13 bits per heavy atom. The minimum absolute atomic E-state index is 0.106. The number of carbonyl (C=O) groups excluding carboxylic acids is 1. The van der Waals surface area contributed by atoms with Gasteiger partial charge in [0.2, 0.25) is 0 Å². The zero-order chi connectivity index (χ0) is 16.9. The summed E-state index contributed by atoms with van der Waals surface area (Å²) in [5.74, 6) is 0.453. The molecule has 3 rings (SSSR count). The Morgan fingerprint density at radius 3 is 2.65 bits per heavy atom. The highest BCUT2D eigenvalue weighted by Gasteiger charge is 2.58. The highest BCUT2D eigenvalue weighted by Crippen LogP contribution is 2.52. The molecule has 1 aliphatic carbocycles. The molecule has 2 unspecified atom stereocenters. The highest BCUT2D eigenvalue weighted by molar-refractivity contribution is 5.94. The van der Waals surface area contributed by atoms with Gasteiger partial charge in [0, 0.05) is 23.7 Å². The predicted octanol–water partition coefficient (Wildman–Crippen LogP) is 1.84. The van der Waals surface area contributed by atoms with E-state index in [2.05, 4.69) is 36.1 Å². The van der Waals surface area contributed by atoms with Crippen LogP contribution in [0.5, 0.6) is 0 Å². The number of H-pyrrole nitrogens is 1. The molecule has 2 aliphatic rings. The first-order chi connectivity index (χ1) is 10.7. The van der Waals surface area contributed by atoms with Crippen molar-refractivity contribution in [3.63, 3.8) is 0 Å². The van der Waals surface area contributed by atoms with Crippen molar-refractivity contribution in [2.45, 2.75) is 58.7 Å². The van der Waals surface area contributed by atoms with Gasteiger partial charge < -0.3 is 20.3 Å². The third kappa shape index (κ3) is 2.70. The highest BCUT2D eigenvalue weighted by atomic mass is 16.3. The van der Waals surface area contributed by atoms with Crippen molar-refractivity contribution < 1.29 is 9.90 Å². The van der Waals surface area contributed by atoms with E-state index in [-0.39, 0.29) is 17.4 Å². The fourth-order valence-electron chi connectivity index (χ4n) is 5.20. The third-order valence-electron chi connectivity index (χ3n) is 5.70. The summed E-state index contributed by atoms with van der Waals surface area (Å²) in [6.07, 6.45) is 1.20. The summed E-state index contributed by atoms with van der Waals surface area (Å²) in [6, 6.07) is 2.31. The second-order valence-electron chi connectivity index (χ2n) is 8.03. The van der Waals surface area contributed by atoms with E-state index >= 15 is 0 Å². The lowest BCUT2D eigenvalue weighted by Crippen LogP contribution is -2.64. The van der Waals surface area contributed by atoms with Crippen molar-refractivity contribution in [3.8, 4) is 0 Å². The molecular weight excluding hydrogens is 290 g/mol. The molecule has 1 aromatic heterocycles. The van der Waals surface area contributed by atoms with Gasteiger partial charge in [0.05, 0.1) is 12.1 Å². The number of aliphatic hydroxyl groups is 1. The molecule has 0 aromatic carbocycles. The van der Waals surface area contributed by atoms with Crippen LogP contribution in [0.1, 0.15) is 48.4 Å². The van der Waals surface area contributed by atoms with Crippen molar-refractivity contribution >= 4 is 5.91 Å². The van der Waals surface area contributed by atoms with Crippen molar-refractivity contribution in [1.29, 1.82) is 0 Å². The van der Waals surface area contributed by atoms with E-state index < -0.39 is 6.10 Å². The summed E-state index contributed by atoms with van der Waals surface area (Å²) in [7, 11) is 2.15. The second kappa shape index (κ2) is 5.64. The molecule has 0 radical (unpaired) electrons. The van der Waals surface area contributed by atoms with E-state index in [0.717, 1.165) is 30.6 Å². The van der Waals surface area contributed by atoms with Crippen molar-refractivity contribution in [2.75, 3.05) is 13.6 Å². The molecule has 2 heterocycles. The van der Waals surface area contributed by atoms with E-state index in [0.29, 0.717) is 17.7 Å². The Kier molecular flexibility index (Phi) is 4.05. The summed E-state index contributed by atoms with van der Waals surface area (Å²) < 4.78 is 0. The molecule has 128 valence electrons. The molecule has 1 spiro atoms. The van der Waals surface area contributed by atoms with E-state index in [4.69, 9.17) is 0 Å². The fraction of sp³-hybridized carbons (Fsp3) is 0.722. The van der Waals surface area contributed by atoms with Crippen LogP contribution in [0.15, 0.2) is 6.07 Å². The zero-order valence-electron chi connectivity index (χ0n) is 14.8. The fourth-order valence-corrected chi connectivity index (χ4v) is 5.20. The number of aryl methyl sites for hydroxylation is 2. The smallest absolute Gasteiger partial charge is 0.268 e. The normalized spacial score (nSPS) is 34.1. The van der Waals surface area contributed by atoms with Gasteiger partial charge in [0.15, 0.2) is 0 Å². The average Bonchev–Trinajstić information content (AvgIpc) is 2.90. The molecule has 0 bridgehead atoms. The first kappa shape index (κ1) is 16.5. The SMILES string of the molecule is Cc1cc(C)c(C(=O)N[C@@H]2CC3(C[C@H]2O)CN(C)C3C(C)C)[nH]1. The quantitative estimate of drug-likeness (QED) is 0.796. The molecule has 1 saturated heterocycles. The lowest BCUT2D eigenvalue weighted by atomic mass is 9.66. The van der Waals surface area contributed by atoms with Gasteiger partial charge in [-0.05, 0) is 51.3 Å². The van der Waals surface area contributed by atoms with E-state index in [1.165, 1.54) is 0 Å². The van der Waals surface area contributed by atoms with Crippen LogP contribution in [0.3, 0.4) is 0 Å². The Balaban J connectivity index is 1.70. The molecule has 23 heavy (non-hydrogen) atoms. The van der Waals surface area contributed by atoms with Crippen LogP contribution in [0.4, 0.5) is 0 Å². The Bertz CT molecular complexity index is 605. The Labute approximate surface area is 138 Å². The topological polar surface area (TPSA) is 68.4 Å². The van der Waals surface area contributed by atoms with Crippen LogP contribution in [-0.2, 0) is 0 Å². The molecule has 1 aromatic rings. The van der Waals surface area contributed by atoms with E-state index in [9.17, 15) is 9.90 Å². The van der Waals surface area contributed by atoms with Crippen LogP contribution in [0, 0.1) is 25.2 Å². The number of aliphatic hydroxyl groups excluding tert-OH is 1. The standard InChI is InChI=1S/C18H29N3O2/c1-10(2)16-18(9-21(16)5)7-13(14(22)8-18)20-17(23)15-11(3)6-12(4)19-15/h6,10,13-14,16,19,22H,7-9H2,1-5H3,(H,20,23)/t13-,14-,16?,18?/m1/s1. The molecule has 2 fully saturated rings. The maximum Gasteiger partial charge on any atom is 0.268 e. The van der Waals surface area contributed by atoms with Gasteiger partial charge in [-0.3, -0.25) is 4.79 Å². The second-order valence-corrected chi connectivity index (χ2v) is 8.03. The van der Waals surface area contributed by atoms with E-state index in [1.54, 1.807) is 0 Å². The first-order valence-electron chi connectivity index (χ1n) is 8.59. The van der Waals surface area contributed by atoms with Crippen LogP contribution in [0.2, 0.25) is 0 Å². The summed E-state index contributed by atoms with van der Waals surface area (Å²) >= 11 is 0. The Morgan fingerprint density at radius 1 is 1.43 bits per heavy atom. The molecular formula is C18H29N3O2. The summed E-state index contributed by atoms with van der Waals surface area (Å²) in [5.41, 5.74) is 2.70. The monoisotopic (exact) mass is 319 g/mol. The minimum atomic E-state index is -0.453. The van der Waals surface area contributed by atoms with Crippen LogP contribution in [0.25, 0.3) is 0 Å². The number of hydrogen-bond donors (Lipinski definition) is 3. The summed E-state index contributed by atoms with van der Waals surface area (Å²) in [5, 5.41) is 13.6. The number of aromatic amines is 1. The number of aromatic nitrogens is 1. The van der Waals surface area contributed by atoms with Gasteiger partial charge in [-0.25, -0.2) is 0 Å². The van der Waals surface area contributed by atoms with Crippen molar-refractivity contribution in [1.82, 2.24) is 15.2 Å². The number of nitrogens with one attached hydrogen (secondary N) is 2. The molecule has 3 N–H and O–H groups in total. The Hall–Kier alpha value is -1.33. The largest absolute Gasteiger partial charge is 0.391 e. The van der Waals surface area contributed by atoms with Crippen LogP contribution >= 0.6 is 0 Å². The maximum absolute atomic E-state index is 12.5. The van der Waals surface area contributed by atoms with Gasteiger partial charge in [0.1, 0.15) is 5.69 Å². The van der Waals surface area contributed by atoms with E-state index in [1.807, 2.05) is 19.9 Å². The first-order valence-corrected chi connectivity index (χ1v) is 8.59. The van der Waals surface area contributed by atoms with Gasteiger partial charge in [0.25, 0.3) is 5.91 Å². The van der Waals surface area contributed by atoms with Gasteiger partial charge >= 0.3 is 0 Å². The average molecular weight is 319 g/mol. The maximum atomic E-state index is 12.5. The van der Waals surface area contributed by atoms with Gasteiger partial charge in [-0.1, -0.05) is 13.8 Å². The lowest BCUT2D eigenvalue weighted by Gasteiger charge is -2.57. The summed E-state index contributed by atoms with van der Waals surface area (Å²) in [6.45, 7) is 9.37. The zero-order valence-corrected chi connectivity index (χ0v) is 14.8.